The molecule has 3 N–H and O–H groups in total. The van der Waals surface area contributed by atoms with Crippen LogP contribution in [0.25, 0.3) is 0 Å². The third-order valence-corrected chi connectivity index (χ3v) is 3.17. The molecule has 0 saturated heterocycles. The lowest BCUT2D eigenvalue weighted by Gasteiger charge is -2.11. The molecule has 0 spiro atoms. The average molecular weight is 356 g/mol. The van der Waals surface area contributed by atoms with Gasteiger partial charge in [-0.25, -0.2) is 0 Å². The molecule has 1 heterocycles. The fourth-order valence-corrected chi connectivity index (χ4v) is 2.06. The van der Waals surface area contributed by atoms with Gasteiger partial charge in [0.15, 0.2) is 16.6 Å². The number of aryl methyl sites for hydroxylation is 1. The van der Waals surface area contributed by atoms with Crippen LogP contribution in [0.5, 0.6) is 5.75 Å². The molecule has 1 aromatic carbocycles. The van der Waals surface area contributed by atoms with Crippen LogP contribution >= 0.6 is 23.8 Å². The van der Waals surface area contributed by atoms with Gasteiger partial charge in [-0.2, -0.15) is 5.10 Å². The van der Waals surface area contributed by atoms with E-state index in [-0.39, 0.29) is 27.2 Å². The van der Waals surface area contributed by atoms with Crippen LogP contribution in [-0.2, 0) is 7.05 Å². The largest absolute Gasteiger partial charge is 0.504 e. The number of thiocarbonyl (C=S) groups is 1. The predicted octanol–water partition coefficient (Wildman–Crippen LogP) is 1.81. The molecule has 9 nitrogen and oxygen atoms in total. The van der Waals surface area contributed by atoms with Gasteiger partial charge in [0.05, 0.1) is 15.6 Å². The second kappa shape index (κ2) is 6.58. The van der Waals surface area contributed by atoms with E-state index in [1.165, 1.54) is 10.7 Å². The fraction of sp³-hybridized carbons (Fsp3) is 0.0833. The van der Waals surface area contributed by atoms with Crippen LogP contribution in [0.2, 0.25) is 5.02 Å². The Morgan fingerprint density at radius 3 is 2.78 bits per heavy atom. The summed E-state index contributed by atoms with van der Waals surface area (Å²) < 4.78 is 1.44. The number of anilines is 1. The molecule has 11 heteroatoms. The molecule has 23 heavy (non-hydrogen) atoms. The van der Waals surface area contributed by atoms with Crippen molar-refractivity contribution in [3.8, 4) is 5.75 Å². The quantitative estimate of drug-likeness (QED) is 0.332. The molecule has 2 rings (SSSR count). The lowest BCUT2D eigenvalue weighted by Crippen LogP contribution is -2.34. The van der Waals surface area contributed by atoms with Gasteiger partial charge in [0.25, 0.3) is 11.6 Å². The summed E-state index contributed by atoms with van der Waals surface area (Å²) in [7, 11) is 1.65. The Bertz CT molecular complexity index is 807. The minimum atomic E-state index is -0.675. The molecule has 0 fully saturated rings. The number of nitro benzene ring substituents is 1. The number of non-ortho nitro benzene ring substituents is 1. The van der Waals surface area contributed by atoms with E-state index in [1.807, 2.05) is 0 Å². The molecule has 120 valence electrons. The molecule has 0 saturated carbocycles. The van der Waals surface area contributed by atoms with Crippen molar-refractivity contribution in [2.75, 3.05) is 5.32 Å². The number of hydrogen-bond acceptors (Lipinski definition) is 6. The van der Waals surface area contributed by atoms with E-state index in [2.05, 4.69) is 15.7 Å². The molecule has 1 amide bonds. The van der Waals surface area contributed by atoms with Crippen LogP contribution in [0, 0.1) is 10.1 Å². The van der Waals surface area contributed by atoms with Crippen molar-refractivity contribution in [2.45, 2.75) is 0 Å². The van der Waals surface area contributed by atoms with E-state index in [9.17, 15) is 20.0 Å². The number of nitrogens with one attached hydrogen (secondary N) is 2. The molecule has 0 aliphatic carbocycles. The number of hydrogen-bond donors (Lipinski definition) is 3. The third-order valence-electron chi connectivity index (χ3n) is 2.68. The zero-order valence-electron chi connectivity index (χ0n) is 11.6. The first kappa shape index (κ1) is 16.6. The van der Waals surface area contributed by atoms with E-state index in [0.717, 1.165) is 12.1 Å². The maximum atomic E-state index is 11.9. The topological polar surface area (TPSA) is 122 Å². The van der Waals surface area contributed by atoms with Gasteiger partial charge in [-0.1, -0.05) is 11.6 Å². The summed E-state index contributed by atoms with van der Waals surface area (Å²) in [4.78, 5) is 22.0. The summed E-state index contributed by atoms with van der Waals surface area (Å²) in [5, 5.41) is 28.9. The van der Waals surface area contributed by atoms with Gasteiger partial charge in [0, 0.05) is 25.4 Å². The average Bonchev–Trinajstić information content (AvgIpc) is 2.90. The normalized spacial score (nSPS) is 10.2. The molecule has 0 atom stereocenters. The Morgan fingerprint density at radius 2 is 2.22 bits per heavy atom. The van der Waals surface area contributed by atoms with Crippen molar-refractivity contribution >= 4 is 46.2 Å². The molecular formula is C12H10ClN5O4S. The maximum Gasteiger partial charge on any atom is 0.277 e. The lowest BCUT2D eigenvalue weighted by atomic mass is 10.2. The maximum absolute atomic E-state index is 11.9. The fourth-order valence-electron chi connectivity index (χ4n) is 1.64. The smallest absolute Gasteiger partial charge is 0.277 e. The molecule has 0 aliphatic rings. The van der Waals surface area contributed by atoms with Crippen molar-refractivity contribution in [3.63, 3.8) is 0 Å². The second-order valence-corrected chi connectivity index (χ2v) is 5.18. The highest BCUT2D eigenvalue weighted by molar-refractivity contribution is 7.80. The number of aromatic nitrogens is 2. The van der Waals surface area contributed by atoms with Crippen molar-refractivity contribution < 1.29 is 14.8 Å². The van der Waals surface area contributed by atoms with Gasteiger partial charge in [0.1, 0.15) is 0 Å². The van der Waals surface area contributed by atoms with Gasteiger partial charge in [-0.15, -0.1) is 0 Å². The molecule has 0 bridgehead atoms. The molecule has 0 aliphatic heterocycles. The van der Waals surface area contributed by atoms with Crippen molar-refractivity contribution in [3.05, 3.63) is 45.2 Å². The number of benzene rings is 1. The van der Waals surface area contributed by atoms with Crippen LogP contribution in [0.4, 0.5) is 11.4 Å². The van der Waals surface area contributed by atoms with Crippen molar-refractivity contribution in [2.24, 2.45) is 7.05 Å². The van der Waals surface area contributed by atoms with Crippen LogP contribution in [0.15, 0.2) is 24.4 Å². The van der Waals surface area contributed by atoms with Gasteiger partial charge in [0.2, 0.25) is 0 Å². The highest BCUT2D eigenvalue weighted by Crippen LogP contribution is 2.35. The zero-order valence-corrected chi connectivity index (χ0v) is 13.2. The van der Waals surface area contributed by atoms with E-state index in [0.29, 0.717) is 0 Å². The first-order valence-corrected chi connectivity index (χ1v) is 6.85. The van der Waals surface area contributed by atoms with Gasteiger partial charge in [-0.05, 0) is 18.3 Å². The molecular weight excluding hydrogens is 346 g/mol. The van der Waals surface area contributed by atoms with Gasteiger partial charge >= 0.3 is 0 Å². The van der Waals surface area contributed by atoms with E-state index >= 15 is 0 Å². The first-order valence-electron chi connectivity index (χ1n) is 6.07. The van der Waals surface area contributed by atoms with Crippen molar-refractivity contribution in [1.82, 2.24) is 15.1 Å². The van der Waals surface area contributed by atoms with E-state index < -0.39 is 16.6 Å². The number of rotatable bonds is 3. The van der Waals surface area contributed by atoms with Crippen molar-refractivity contribution in [1.29, 1.82) is 0 Å². The molecule has 0 radical (unpaired) electrons. The lowest BCUT2D eigenvalue weighted by molar-refractivity contribution is -0.384. The number of nitrogens with zero attached hydrogens (tertiary/aromatic N) is 3. The summed E-state index contributed by atoms with van der Waals surface area (Å²) in [5.41, 5.74) is -0.303. The van der Waals surface area contributed by atoms with Crippen LogP contribution in [0.3, 0.4) is 0 Å². The number of phenolic OH excluding ortho intramolecular Hbond substituents is 1. The first-order chi connectivity index (χ1) is 10.8. The van der Waals surface area contributed by atoms with Crippen LogP contribution in [-0.4, -0.2) is 30.8 Å². The Balaban J connectivity index is 2.14. The number of carbonyl (C=O) groups is 1. The molecule has 2 aromatic rings. The number of nitro groups is 1. The number of aromatic hydroxyl groups is 1. The van der Waals surface area contributed by atoms with Gasteiger partial charge in [-0.3, -0.25) is 24.9 Å². The second-order valence-electron chi connectivity index (χ2n) is 4.36. The third kappa shape index (κ3) is 3.93. The van der Waals surface area contributed by atoms with Crippen LogP contribution < -0.4 is 10.6 Å². The summed E-state index contributed by atoms with van der Waals surface area (Å²) in [5.74, 6) is -0.995. The van der Waals surface area contributed by atoms with E-state index in [1.54, 1.807) is 13.2 Å². The zero-order chi connectivity index (χ0) is 17.1. The Labute approximate surface area is 140 Å². The molecule has 0 unspecified atom stereocenters. The predicted molar refractivity (Wildman–Crippen MR) is 86.7 cm³/mol. The highest BCUT2D eigenvalue weighted by atomic mass is 35.5. The Hall–Kier alpha value is -2.72. The minimum absolute atomic E-state index is 0.101. The number of halogens is 1. The Kier molecular flexibility index (Phi) is 4.77. The number of carbonyl (C=O) groups excluding carboxylic acids is 1. The van der Waals surface area contributed by atoms with Gasteiger partial charge < -0.3 is 10.4 Å². The highest BCUT2D eigenvalue weighted by Gasteiger charge is 2.17. The summed E-state index contributed by atoms with van der Waals surface area (Å²) in [6.45, 7) is 0. The summed E-state index contributed by atoms with van der Waals surface area (Å²) in [6, 6.07) is 3.53. The molecule has 1 aromatic heterocycles. The summed E-state index contributed by atoms with van der Waals surface area (Å²) >= 11 is 10.6. The summed E-state index contributed by atoms with van der Waals surface area (Å²) in [6.07, 6.45) is 1.58. The SMILES string of the molecule is Cn1ccc(C(=O)NC(=S)Nc2cc([N+](=O)[O-])cc(Cl)c2O)n1. The number of amides is 1. The Morgan fingerprint density at radius 1 is 1.52 bits per heavy atom. The van der Waals surface area contributed by atoms with Crippen LogP contribution in [0.1, 0.15) is 10.5 Å². The standard InChI is InChI=1S/C12H10ClN5O4S/c1-17-3-2-8(16-17)11(20)15-12(23)14-9-5-6(18(21)22)4-7(13)10(9)19/h2-5,19H,1H3,(H2,14,15,20,23). The van der Waals surface area contributed by atoms with E-state index in [4.69, 9.17) is 23.8 Å². The minimum Gasteiger partial charge on any atom is -0.504 e. The monoisotopic (exact) mass is 355 g/mol. The number of phenols is 1.